The number of anilines is 1. The highest BCUT2D eigenvalue weighted by molar-refractivity contribution is 6.06. The number of H-pyrrole nitrogens is 1. The molecule has 0 amide bonds. The fourth-order valence-corrected chi connectivity index (χ4v) is 5.75. The van der Waals surface area contributed by atoms with Crippen molar-refractivity contribution in [2.75, 3.05) is 24.8 Å². The maximum atomic E-state index is 16.0. The van der Waals surface area contributed by atoms with Crippen LogP contribution in [0.4, 0.5) is 15.8 Å². The Morgan fingerprint density at radius 1 is 1.17 bits per heavy atom. The third-order valence-electron chi connectivity index (χ3n) is 7.90. The molecular formula is C31H28FN5O9. The van der Waals surface area contributed by atoms with Gasteiger partial charge in [0, 0.05) is 37.5 Å². The maximum Gasteiger partial charge on any atom is 0.341 e. The van der Waals surface area contributed by atoms with Gasteiger partial charge in [0.15, 0.2) is 34.9 Å². The lowest BCUT2D eigenvalue weighted by molar-refractivity contribution is -0.384. The average molecular weight is 634 g/mol. The molecule has 3 N–H and O–H groups in total. The standard InChI is InChI=1S/C31H28FN5O9/c1-31(2,3)43-14-44-34-15-6-7-35(12-15)27-19(32)9-17-26-29(27)46-25-10-21-24(11-22(25)36(26)13-18(28(17)38)30(39)40)45-23-8-16(37(41)42)4-5-20(23)33-21/h4-5,8-11,13,15,33-34H,6-7,12,14H2,1-3H3,(H,39,40)/t15-/m0/s1. The molecule has 3 aromatic carbocycles. The number of aromatic nitrogens is 2. The minimum absolute atomic E-state index is 0.0249. The molecule has 1 aliphatic rings. The number of aromatic carboxylic acids is 1. The zero-order chi connectivity index (χ0) is 32.5. The summed E-state index contributed by atoms with van der Waals surface area (Å²) in [6, 6.07) is 8.18. The lowest BCUT2D eigenvalue weighted by Crippen LogP contribution is -2.34. The Labute approximate surface area is 257 Å². The number of hydrogen-bond acceptors (Lipinski definition) is 10. The Balaban J connectivity index is 1.40. The molecule has 0 bridgehead atoms. The molecule has 15 heteroatoms. The Bertz CT molecular complexity index is 2310. The summed E-state index contributed by atoms with van der Waals surface area (Å²) in [4.78, 5) is 46.6. The number of pyridine rings is 1. The van der Waals surface area contributed by atoms with Crippen LogP contribution in [-0.4, -0.2) is 56.9 Å². The topological polar surface area (TPSA) is 178 Å². The number of nitrogens with one attached hydrogen (secondary N) is 2. The van der Waals surface area contributed by atoms with Crippen molar-refractivity contribution < 1.29 is 37.6 Å². The number of carbonyl (C=O) groups is 1. The molecule has 14 nitrogen and oxygen atoms in total. The number of nitrogens with zero attached hydrogens (tertiary/aromatic N) is 3. The highest BCUT2D eigenvalue weighted by atomic mass is 19.1. The van der Waals surface area contributed by atoms with Crippen molar-refractivity contribution in [3.05, 3.63) is 74.3 Å². The van der Waals surface area contributed by atoms with Gasteiger partial charge in [0.25, 0.3) is 5.69 Å². The first-order valence-corrected chi connectivity index (χ1v) is 14.4. The molecular weight excluding hydrogens is 605 g/mol. The lowest BCUT2D eigenvalue weighted by atomic mass is 10.1. The lowest BCUT2D eigenvalue weighted by Gasteiger charge is -2.23. The van der Waals surface area contributed by atoms with E-state index in [0.717, 1.165) is 6.07 Å². The van der Waals surface area contributed by atoms with Crippen LogP contribution in [-0.2, 0) is 9.57 Å². The number of carboxylic acids is 1. The summed E-state index contributed by atoms with van der Waals surface area (Å²) in [6.07, 6.45) is 1.79. The van der Waals surface area contributed by atoms with Crippen LogP contribution >= 0.6 is 0 Å². The summed E-state index contributed by atoms with van der Waals surface area (Å²) in [5, 5.41) is 21.0. The van der Waals surface area contributed by atoms with Crippen LogP contribution in [0.3, 0.4) is 0 Å². The van der Waals surface area contributed by atoms with Gasteiger partial charge in [-0.25, -0.2) is 9.18 Å². The van der Waals surface area contributed by atoms with Crippen molar-refractivity contribution in [2.24, 2.45) is 0 Å². The van der Waals surface area contributed by atoms with Crippen LogP contribution in [0.2, 0.25) is 0 Å². The van der Waals surface area contributed by atoms with Crippen molar-refractivity contribution in [1.29, 1.82) is 0 Å². The smallest absolute Gasteiger partial charge is 0.341 e. The zero-order valence-electron chi connectivity index (χ0n) is 24.9. The van der Waals surface area contributed by atoms with Gasteiger partial charge in [-0.05, 0) is 39.3 Å². The van der Waals surface area contributed by atoms with Crippen LogP contribution in [0.15, 0.2) is 56.2 Å². The fourth-order valence-electron chi connectivity index (χ4n) is 5.75. The molecule has 4 heterocycles. The van der Waals surface area contributed by atoms with Gasteiger partial charge in [-0.1, -0.05) is 0 Å². The minimum Gasteiger partial charge on any atom is -0.477 e. The number of hydrogen-bond donors (Lipinski definition) is 3. The third-order valence-corrected chi connectivity index (χ3v) is 7.90. The van der Waals surface area contributed by atoms with Gasteiger partial charge in [0.05, 0.1) is 44.6 Å². The van der Waals surface area contributed by atoms with Crippen molar-refractivity contribution in [3.63, 3.8) is 0 Å². The van der Waals surface area contributed by atoms with Gasteiger partial charge in [-0.3, -0.25) is 19.7 Å². The van der Waals surface area contributed by atoms with Crippen LogP contribution in [0.5, 0.6) is 0 Å². The van der Waals surface area contributed by atoms with Gasteiger partial charge in [0.1, 0.15) is 16.8 Å². The van der Waals surface area contributed by atoms with E-state index in [1.54, 1.807) is 17.0 Å². The summed E-state index contributed by atoms with van der Waals surface area (Å²) in [6.45, 7) is 6.53. The van der Waals surface area contributed by atoms with Crippen LogP contribution < -0.4 is 15.8 Å². The largest absolute Gasteiger partial charge is 0.477 e. The molecule has 1 fully saturated rings. The first kappa shape index (κ1) is 29.5. The van der Waals surface area contributed by atoms with E-state index in [-0.39, 0.29) is 63.0 Å². The first-order valence-electron chi connectivity index (χ1n) is 14.4. The predicted octanol–water partition coefficient (Wildman–Crippen LogP) is 5.61. The molecule has 3 aromatic heterocycles. The van der Waals surface area contributed by atoms with E-state index in [1.807, 2.05) is 20.8 Å². The van der Waals surface area contributed by atoms with E-state index in [9.17, 15) is 24.8 Å². The summed E-state index contributed by atoms with van der Waals surface area (Å²) in [7, 11) is 0. The van der Waals surface area contributed by atoms with E-state index >= 15 is 4.39 Å². The molecule has 1 saturated heterocycles. The molecule has 0 saturated carbocycles. The molecule has 1 aliphatic heterocycles. The van der Waals surface area contributed by atoms with Crippen molar-refractivity contribution in [3.8, 4) is 0 Å². The second kappa shape index (κ2) is 10.7. The number of non-ortho nitro benzene ring substituents is 1. The average Bonchev–Trinajstić information content (AvgIpc) is 3.45. The summed E-state index contributed by atoms with van der Waals surface area (Å²) in [5.41, 5.74) is 3.33. The SMILES string of the molecule is CC(C)(C)OCON[C@H]1CCN(c2c(F)cc3c(=O)c(C(=O)O)cn4c5cc6oc7cc([N+](=O)[O-])ccc7[nH]c6cc5oc2c34)C1. The second-order valence-electron chi connectivity index (χ2n) is 12.1. The van der Waals surface area contributed by atoms with Gasteiger partial charge >= 0.3 is 5.97 Å². The summed E-state index contributed by atoms with van der Waals surface area (Å²) in [5.74, 6) is -2.22. The van der Waals surface area contributed by atoms with E-state index in [1.165, 1.54) is 28.8 Å². The number of carboxylic acid groups (broad SMARTS) is 1. The Morgan fingerprint density at radius 2 is 1.96 bits per heavy atom. The van der Waals surface area contributed by atoms with Crippen molar-refractivity contribution in [2.45, 2.75) is 38.8 Å². The fraction of sp³-hybridized carbons (Fsp3) is 0.290. The second-order valence-corrected chi connectivity index (χ2v) is 12.1. The number of ether oxygens (including phenoxy) is 1. The van der Waals surface area contributed by atoms with Crippen molar-refractivity contribution in [1.82, 2.24) is 14.9 Å². The van der Waals surface area contributed by atoms with Gasteiger partial charge in [-0.2, -0.15) is 5.48 Å². The highest BCUT2D eigenvalue weighted by Crippen LogP contribution is 2.38. The number of rotatable bonds is 7. The molecule has 238 valence electrons. The Morgan fingerprint density at radius 3 is 2.70 bits per heavy atom. The number of benzene rings is 3. The summed E-state index contributed by atoms with van der Waals surface area (Å²) >= 11 is 0. The van der Waals surface area contributed by atoms with E-state index in [0.29, 0.717) is 36.1 Å². The maximum absolute atomic E-state index is 16.0. The monoisotopic (exact) mass is 633 g/mol. The predicted molar refractivity (Wildman–Crippen MR) is 166 cm³/mol. The molecule has 7 rings (SSSR count). The van der Waals surface area contributed by atoms with Gasteiger partial charge in [0.2, 0.25) is 5.43 Å². The Kier molecular flexibility index (Phi) is 6.84. The number of nitro groups is 1. The number of fused-ring (bicyclic) bond motifs is 4. The number of halogens is 1. The molecule has 0 radical (unpaired) electrons. The number of nitro benzene ring substituents is 1. The van der Waals surface area contributed by atoms with E-state index in [4.69, 9.17) is 18.4 Å². The normalized spacial score (nSPS) is 15.7. The van der Waals surface area contributed by atoms with Crippen LogP contribution in [0.25, 0.3) is 49.8 Å². The summed E-state index contributed by atoms with van der Waals surface area (Å²) < 4.78 is 35.4. The molecule has 0 unspecified atom stereocenters. The minimum atomic E-state index is -1.48. The zero-order valence-corrected chi connectivity index (χ0v) is 24.9. The van der Waals surface area contributed by atoms with Crippen molar-refractivity contribution >= 4 is 67.1 Å². The van der Waals surface area contributed by atoms with Gasteiger partial charge in [-0.15, -0.1) is 0 Å². The molecule has 0 aliphatic carbocycles. The molecule has 6 aromatic rings. The number of aromatic amines is 1. The quantitative estimate of drug-likeness (QED) is 0.0497. The number of hydroxylamine groups is 1. The van der Waals surface area contributed by atoms with E-state index in [2.05, 4.69) is 10.5 Å². The molecule has 1 atom stereocenters. The first-order chi connectivity index (χ1) is 21.9. The molecule has 46 heavy (non-hydrogen) atoms. The Hall–Kier alpha value is -5.25. The van der Waals surface area contributed by atoms with E-state index < -0.39 is 27.7 Å². The van der Waals surface area contributed by atoms with Gasteiger partial charge < -0.3 is 33.0 Å². The third kappa shape index (κ3) is 5.03. The van der Waals surface area contributed by atoms with Crippen LogP contribution in [0.1, 0.15) is 37.6 Å². The van der Waals surface area contributed by atoms with Crippen LogP contribution in [0, 0.1) is 15.9 Å². The molecule has 0 spiro atoms. The highest BCUT2D eigenvalue weighted by Gasteiger charge is 2.30.